The van der Waals surface area contributed by atoms with Gasteiger partial charge in [0.1, 0.15) is 0 Å². The zero-order chi connectivity index (χ0) is 25.3. The SMILES string of the molecule is CN1/C(=C\C(=O)COC(=O)c2cc(-c3ccccc3)nn2-c2ccccc2)C(C)(C)c2ccccc21. The molecule has 6 heteroatoms. The zero-order valence-corrected chi connectivity index (χ0v) is 20.5. The number of carbonyl (C=O) groups is 2. The van der Waals surface area contributed by atoms with Gasteiger partial charge in [-0.05, 0) is 29.8 Å². The van der Waals surface area contributed by atoms with E-state index in [4.69, 9.17) is 4.74 Å². The Hall–Kier alpha value is -4.45. The first-order valence-corrected chi connectivity index (χ1v) is 11.8. The van der Waals surface area contributed by atoms with Crippen molar-refractivity contribution in [3.8, 4) is 16.9 Å². The minimum absolute atomic E-state index is 0.256. The molecule has 0 N–H and O–H groups in total. The van der Waals surface area contributed by atoms with Crippen LogP contribution >= 0.6 is 0 Å². The van der Waals surface area contributed by atoms with Gasteiger partial charge in [-0.15, -0.1) is 0 Å². The molecule has 2 heterocycles. The molecule has 5 rings (SSSR count). The van der Waals surface area contributed by atoms with Crippen molar-refractivity contribution >= 4 is 17.4 Å². The summed E-state index contributed by atoms with van der Waals surface area (Å²) < 4.78 is 7.03. The van der Waals surface area contributed by atoms with E-state index in [9.17, 15) is 9.59 Å². The number of fused-ring (bicyclic) bond motifs is 1. The van der Waals surface area contributed by atoms with Crippen molar-refractivity contribution in [2.75, 3.05) is 18.6 Å². The van der Waals surface area contributed by atoms with Gasteiger partial charge in [-0.1, -0.05) is 80.6 Å². The van der Waals surface area contributed by atoms with Crippen LogP contribution in [-0.4, -0.2) is 35.2 Å². The molecule has 0 radical (unpaired) electrons. The number of allylic oxidation sites excluding steroid dienone is 1. The molecule has 36 heavy (non-hydrogen) atoms. The Balaban J connectivity index is 1.38. The summed E-state index contributed by atoms with van der Waals surface area (Å²) in [5, 5.41) is 4.65. The van der Waals surface area contributed by atoms with Gasteiger partial charge in [0.15, 0.2) is 18.1 Å². The Bertz CT molecular complexity index is 1450. The standard InChI is InChI=1S/C30H27N3O3/c1-30(2)24-16-10-11-17-26(24)32(3)28(30)18-23(34)20-36-29(35)27-19-25(21-12-6-4-7-13-21)31-33(27)22-14-8-5-9-15-22/h4-19H,20H2,1-3H3/b28-18-. The van der Waals surface area contributed by atoms with Crippen LogP contribution in [0.4, 0.5) is 5.69 Å². The maximum absolute atomic E-state index is 13.1. The summed E-state index contributed by atoms with van der Waals surface area (Å²) in [5.41, 5.74) is 5.27. The molecule has 1 aliphatic rings. The molecule has 0 saturated carbocycles. The van der Waals surface area contributed by atoms with E-state index in [0.717, 1.165) is 28.2 Å². The predicted octanol–water partition coefficient (Wildman–Crippen LogP) is 5.58. The predicted molar refractivity (Wildman–Crippen MR) is 140 cm³/mol. The van der Waals surface area contributed by atoms with Crippen LogP contribution in [-0.2, 0) is 14.9 Å². The molecule has 0 atom stereocenters. The van der Waals surface area contributed by atoms with Crippen LogP contribution in [0.5, 0.6) is 0 Å². The van der Waals surface area contributed by atoms with Gasteiger partial charge >= 0.3 is 5.97 Å². The summed E-state index contributed by atoms with van der Waals surface area (Å²) in [4.78, 5) is 28.0. The summed E-state index contributed by atoms with van der Waals surface area (Å²) in [7, 11) is 1.95. The average molecular weight is 478 g/mol. The van der Waals surface area contributed by atoms with Gasteiger partial charge in [0.2, 0.25) is 0 Å². The molecule has 0 fully saturated rings. The summed E-state index contributed by atoms with van der Waals surface area (Å²) in [5.74, 6) is -0.886. The first-order chi connectivity index (χ1) is 17.4. The van der Waals surface area contributed by atoms with Gasteiger partial charge in [-0.25, -0.2) is 9.48 Å². The molecule has 0 saturated heterocycles. The van der Waals surface area contributed by atoms with Crippen LogP contribution in [0.25, 0.3) is 16.9 Å². The summed E-state index contributed by atoms with van der Waals surface area (Å²) in [6, 6.07) is 28.8. The second kappa shape index (κ2) is 9.30. The number of carbonyl (C=O) groups excluding carboxylic acids is 2. The largest absolute Gasteiger partial charge is 0.453 e. The number of aromatic nitrogens is 2. The first-order valence-electron chi connectivity index (χ1n) is 11.8. The van der Waals surface area contributed by atoms with E-state index in [1.54, 1.807) is 16.8 Å². The van der Waals surface area contributed by atoms with Crippen LogP contribution in [0, 0.1) is 0 Å². The Kier molecular flexibility index (Phi) is 6.02. The minimum atomic E-state index is -0.609. The quantitative estimate of drug-likeness (QED) is 0.268. The Morgan fingerprint density at radius 1 is 0.917 bits per heavy atom. The van der Waals surface area contributed by atoms with Crippen LogP contribution in [0.3, 0.4) is 0 Å². The number of benzene rings is 3. The van der Waals surface area contributed by atoms with Crippen molar-refractivity contribution in [2.24, 2.45) is 0 Å². The normalized spacial score (nSPS) is 15.1. The molecule has 0 bridgehead atoms. The lowest BCUT2D eigenvalue weighted by Crippen LogP contribution is -2.25. The van der Waals surface area contributed by atoms with Gasteiger partial charge in [0.05, 0.1) is 11.4 Å². The van der Waals surface area contributed by atoms with E-state index in [1.807, 2.05) is 90.8 Å². The highest BCUT2D eigenvalue weighted by Crippen LogP contribution is 2.46. The van der Waals surface area contributed by atoms with E-state index in [2.05, 4.69) is 25.0 Å². The van der Waals surface area contributed by atoms with Crippen molar-refractivity contribution in [2.45, 2.75) is 19.3 Å². The number of ether oxygens (including phenoxy) is 1. The number of likely N-dealkylation sites (N-methyl/N-ethyl adjacent to an activating group) is 1. The number of hydrogen-bond acceptors (Lipinski definition) is 5. The fourth-order valence-corrected chi connectivity index (χ4v) is 4.71. The third kappa shape index (κ3) is 4.22. The summed E-state index contributed by atoms with van der Waals surface area (Å²) in [6.07, 6.45) is 1.58. The number of hydrogen-bond donors (Lipinski definition) is 0. The maximum Gasteiger partial charge on any atom is 0.357 e. The number of esters is 1. The third-order valence-corrected chi connectivity index (χ3v) is 6.57. The lowest BCUT2D eigenvalue weighted by atomic mass is 9.83. The van der Waals surface area contributed by atoms with E-state index < -0.39 is 5.97 Å². The molecule has 0 unspecified atom stereocenters. The number of nitrogens with zero attached hydrogens (tertiary/aromatic N) is 3. The monoisotopic (exact) mass is 477 g/mol. The number of para-hydroxylation sites is 2. The van der Waals surface area contributed by atoms with Crippen molar-refractivity contribution in [3.63, 3.8) is 0 Å². The molecule has 3 aromatic carbocycles. The highest BCUT2D eigenvalue weighted by Gasteiger charge is 2.38. The third-order valence-electron chi connectivity index (χ3n) is 6.57. The molecular formula is C30H27N3O3. The molecule has 180 valence electrons. The average Bonchev–Trinajstić information content (AvgIpc) is 3.43. The van der Waals surface area contributed by atoms with Crippen molar-refractivity contribution in [1.29, 1.82) is 0 Å². The lowest BCUT2D eigenvalue weighted by Gasteiger charge is -2.23. The van der Waals surface area contributed by atoms with Gasteiger partial charge < -0.3 is 9.64 Å². The zero-order valence-electron chi connectivity index (χ0n) is 20.5. The Labute approximate surface area is 210 Å². The molecule has 1 aliphatic heterocycles. The number of rotatable bonds is 6. The first kappa shape index (κ1) is 23.3. The van der Waals surface area contributed by atoms with Gasteiger partial charge in [0.25, 0.3) is 0 Å². The molecule has 4 aromatic rings. The van der Waals surface area contributed by atoms with Crippen LogP contribution < -0.4 is 4.90 Å². The van der Waals surface area contributed by atoms with Crippen LogP contribution in [0.1, 0.15) is 29.9 Å². The maximum atomic E-state index is 13.1. The number of ketones is 1. The van der Waals surface area contributed by atoms with Crippen molar-refractivity contribution in [1.82, 2.24) is 9.78 Å². The summed E-state index contributed by atoms with van der Waals surface area (Å²) in [6.45, 7) is 3.82. The highest BCUT2D eigenvalue weighted by atomic mass is 16.5. The van der Waals surface area contributed by atoms with Crippen molar-refractivity contribution in [3.05, 3.63) is 114 Å². The van der Waals surface area contributed by atoms with E-state index in [-0.39, 0.29) is 23.5 Å². The molecular weight excluding hydrogens is 450 g/mol. The second-order valence-corrected chi connectivity index (χ2v) is 9.30. The molecule has 0 spiro atoms. The van der Waals surface area contributed by atoms with Gasteiger partial charge in [-0.2, -0.15) is 5.10 Å². The van der Waals surface area contributed by atoms with Gasteiger partial charge in [0, 0.05) is 35.5 Å². The topological polar surface area (TPSA) is 64.4 Å². The molecule has 0 amide bonds. The Morgan fingerprint density at radius 3 is 2.25 bits per heavy atom. The highest BCUT2D eigenvalue weighted by molar-refractivity contribution is 5.96. The fraction of sp³-hybridized carbons (Fsp3) is 0.167. The Morgan fingerprint density at radius 2 is 1.56 bits per heavy atom. The number of anilines is 1. The molecule has 1 aromatic heterocycles. The fourth-order valence-electron chi connectivity index (χ4n) is 4.71. The second-order valence-electron chi connectivity index (χ2n) is 9.30. The van der Waals surface area contributed by atoms with Crippen LogP contribution in [0.15, 0.2) is 103 Å². The van der Waals surface area contributed by atoms with Crippen molar-refractivity contribution < 1.29 is 14.3 Å². The summed E-state index contributed by atoms with van der Waals surface area (Å²) >= 11 is 0. The van der Waals surface area contributed by atoms with E-state index in [1.165, 1.54) is 0 Å². The molecule has 0 aliphatic carbocycles. The minimum Gasteiger partial charge on any atom is -0.453 e. The smallest absolute Gasteiger partial charge is 0.357 e. The molecule has 6 nitrogen and oxygen atoms in total. The van der Waals surface area contributed by atoms with E-state index >= 15 is 0 Å². The lowest BCUT2D eigenvalue weighted by molar-refractivity contribution is -0.117. The van der Waals surface area contributed by atoms with E-state index in [0.29, 0.717) is 5.69 Å². The van der Waals surface area contributed by atoms with Gasteiger partial charge in [-0.3, -0.25) is 4.79 Å². The van der Waals surface area contributed by atoms with Crippen LogP contribution in [0.2, 0.25) is 0 Å².